The van der Waals surface area contributed by atoms with Gasteiger partial charge in [-0.25, -0.2) is 4.79 Å². The van der Waals surface area contributed by atoms with E-state index in [0.29, 0.717) is 5.75 Å². The molecule has 1 unspecified atom stereocenters. The average molecular weight is 264 g/mol. The van der Waals surface area contributed by atoms with Crippen LogP contribution in [0, 0.1) is 0 Å². The van der Waals surface area contributed by atoms with Gasteiger partial charge in [0.25, 0.3) is 0 Å². The molecule has 4 heteroatoms. The summed E-state index contributed by atoms with van der Waals surface area (Å²) in [5, 5.41) is 9.93. The van der Waals surface area contributed by atoms with E-state index in [-0.39, 0.29) is 18.7 Å². The Morgan fingerprint density at radius 1 is 1.47 bits per heavy atom. The number of aliphatic hydroxyl groups excluding tert-OH is 1. The molecule has 4 nitrogen and oxygen atoms in total. The van der Waals surface area contributed by atoms with E-state index in [1.54, 1.807) is 13.8 Å². The molecular weight excluding hydrogens is 244 g/mol. The predicted molar refractivity (Wildman–Crippen MR) is 71.1 cm³/mol. The van der Waals surface area contributed by atoms with Crippen LogP contribution >= 0.6 is 0 Å². The highest BCUT2D eigenvalue weighted by Crippen LogP contribution is 2.35. The van der Waals surface area contributed by atoms with Gasteiger partial charge in [-0.1, -0.05) is 12.1 Å². The molecule has 2 rings (SSSR count). The van der Waals surface area contributed by atoms with Crippen LogP contribution in [0.2, 0.25) is 0 Å². The van der Waals surface area contributed by atoms with Crippen molar-refractivity contribution in [1.29, 1.82) is 0 Å². The summed E-state index contributed by atoms with van der Waals surface area (Å²) < 4.78 is 10.6. The molecule has 0 bridgehead atoms. The summed E-state index contributed by atoms with van der Waals surface area (Å²) in [4.78, 5) is 11.5. The van der Waals surface area contributed by atoms with Crippen molar-refractivity contribution in [2.45, 2.75) is 45.3 Å². The number of rotatable bonds is 4. The summed E-state index contributed by atoms with van der Waals surface area (Å²) in [7, 11) is 0. The molecule has 1 aliphatic carbocycles. The highest BCUT2D eigenvalue weighted by Gasteiger charge is 2.21. The number of ether oxygens (including phenoxy) is 2. The van der Waals surface area contributed by atoms with Gasteiger partial charge in [-0.05, 0) is 50.3 Å². The molecule has 0 spiro atoms. The van der Waals surface area contributed by atoms with E-state index >= 15 is 0 Å². The summed E-state index contributed by atoms with van der Waals surface area (Å²) in [6.45, 7) is 3.52. The van der Waals surface area contributed by atoms with Crippen LogP contribution in [0.1, 0.15) is 43.9 Å². The predicted octanol–water partition coefficient (Wildman–Crippen LogP) is 2.39. The van der Waals surface area contributed by atoms with Gasteiger partial charge in [0.2, 0.25) is 0 Å². The van der Waals surface area contributed by atoms with Gasteiger partial charge in [-0.3, -0.25) is 0 Å². The van der Waals surface area contributed by atoms with Gasteiger partial charge >= 0.3 is 5.97 Å². The smallest absolute Gasteiger partial charge is 0.344 e. The number of carbonyl (C=O) groups excluding carboxylic acids is 1. The number of aliphatic hydroxyl groups is 1. The van der Waals surface area contributed by atoms with Crippen molar-refractivity contribution in [2.24, 2.45) is 0 Å². The molecule has 0 saturated carbocycles. The molecule has 0 radical (unpaired) electrons. The van der Waals surface area contributed by atoms with Crippen LogP contribution in [0.15, 0.2) is 18.2 Å². The third-order valence-electron chi connectivity index (χ3n) is 3.15. The number of hydrogen-bond acceptors (Lipinski definition) is 4. The van der Waals surface area contributed by atoms with E-state index in [2.05, 4.69) is 0 Å². The van der Waals surface area contributed by atoms with Gasteiger partial charge in [0, 0.05) is 0 Å². The maximum absolute atomic E-state index is 11.5. The molecule has 1 aromatic carbocycles. The molecule has 19 heavy (non-hydrogen) atoms. The first-order chi connectivity index (χ1) is 9.08. The first-order valence-corrected chi connectivity index (χ1v) is 6.70. The number of carbonyl (C=O) groups is 1. The zero-order valence-corrected chi connectivity index (χ0v) is 11.4. The van der Waals surface area contributed by atoms with Gasteiger partial charge in [0.15, 0.2) is 6.61 Å². The van der Waals surface area contributed by atoms with Crippen molar-refractivity contribution in [3.8, 4) is 5.75 Å². The fourth-order valence-corrected chi connectivity index (χ4v) is 2.36. The van der Waals surface area contributed by atoms with Crippen LogP contribution in [-0.4, -0.2) is 23.8 Å². The van der Waals surface area contributed by atoms with Gasteiger partial charge in [-0.2, -0.15) is 0 Å². The Kier molecular flexibility index (Phi) is 4.43. The first-order valence-electron chi connectivity index (χ1n) is 6.70. The lowest BCUT2D eigenvalue weighted by molar-refractivity contribution is -0.149. The van der Waals surface area contributed by atoms with E-state index < -0.39 is 6.10 Å². The number of benzene rings is 1. The maximum Gasteiger partial charge on any atom is 0.344 e. The SMILES string of the molecule is CC(C)OC(=O)COc1cccc2c1CCCC2O. The quantitative estimate of drug-likeness (QED) is 0.848. The Labute approximate surface area is 113 Å². The lowest BCUT2D eigenvalue weighted by Gasteiger charge is -2.23. The maximum atomic E-state index is 11.5. The number of hydrogen-bond donors (Lipinski definition) is 1. The Morgan fingerprint density at radius 2 is 2.26 bits per heavy atom. The highest BCUT2D eigenvalue weighted by atomic mass is 16.6. The van der Waals surface area contributed by atoms with Crippen LogP contribution in [0.4, 0.5) is 0 Å². The van der Waals surface area contributed by atoms with Crippen molar-refractivity contribution in [3.05, 3.63) is 29.3 Å². The van der Waals surface area contributed by atoms with E-state index in [1.807, 2.05) is 18.2 Å². The standard InChI is InChI=1S/C15H20O4/c1-10(2)19-15(17)9-18-14-8-4-5-11-12(14)6-3-7-13(11)16/h4-5,8,10,13,16H,3,6-7,9H2,1-2H3. The van der Waals surface area contributed by atoms with E-state index in [9.17, 15) is 9.90 Å². The summed E-state index contributed by atoms with van der Waals surface area (Å²) in [6, 6.07) is 5.59. The largest absolute Gasteiger partial charge is 0.482 e. The fourth-order valence-electron chi connectivity index (χ4n) is 2.36. The summed E-state index contributed by atoms with van der Waals surface area (Å²) in [6.07, 6.45) is 2.04. The lowest BCUT2D eigenvalue weighted by Crippen LogP contribution is -2.20. The Bertz CT molecular complexity index is 453. The van der Waals surface area contributed by atoms with E-state index in [1.165, 1.54) is 0 Å². The van der Waals surface area contributed by atoms with E-state index in [4.69, 9.17) is 9.47 Å². The van der Waals surface area contributed by atoms with Crippen molar-refractivity contribution in [3.63, 3.8) is 0 Å². The van der Waals surface area contributed by atoms with Crippen LogP contribution in [0.5, 0.6) is 5.75 Å². The summed E-state index contributed by atoms with van der Waals surface area (Å²) in [5.41, 5.74) is 1.93. The lowest BCUT2D eigenvalue weighted by atomic mass is 9.89. The molecule has 0 fully saturated rings. The Balaban J connectivity index is 2.05. The average Bonchev–Trinajstić information content (AvgIpc) is 2.36. The molecular formula is C15H20O4. The van der Waals surface area contributed by atoms with Crippen molar-refractivity contribution >= 4 is 5.97 Å². The second kappa shape index (κ2) is 6.06. The van der Waals surface area contributed by atoms with Crippen molar-refractivity contribution in [2.75, 3.05) is 6.61 Å². The zero-order valence-electron chi connectivity index (χ0n) is 11.4. The minimum Gasteiger partial charge on any atom is -0.482 e. The third-order valence-corrected chi connectivity index (χ3v) is 3.15. The second-order valence-electron chi connectivity index (χ2n) is 5.06. The molecule has 0 saturated heterocycles. The summed E-state index contributed by atoms with van der Waals surface area (Å²) >= 11 is 0. The minimum absolute atomic E-state index is 0.0925. The van der Waals surface area contributed by atoms with Gasteiger partial charge in [-0.15, -0.1) is 0 Å². The molecule has 1 aliphatic rings. The molecule has 0 aromatic heterocycles. The number of fused-ring (bicyclic) bond motifs is 1. The Morgan fingerprint density at radius 3 is 3.00 bits per heavy atom. The van der Waals surface area contributed by atoms with Gasteiger partial charge in [0.05, 0.1) is 12.2 Å². The molecule has 1 atom stereocenters. The van der Waals surface area contributed by atoms with E-state index in [0.717, 1.165) is 30.4 Å². The first kappa shape index (κ1) is 13.9. The molecule has 0 heterocycles. The van der Waals surface area contributed by atoms with Gasteiger partial charge in [0.1, 0.15) is 5.75 Å². The topological polar surface area (TPSA) is 55.8 Å². The summed E-state index contributed by atoms with van der Waals surface area (Å²) in [5.74, 6) is 0.306. The van der Waals surface area contributed by atoms with Crippen molar-refractivity contribution in [1.82, 2.24) is 0 Å². The third kappa shape index (κ3) is 3.47. The highest BCUT2D eigenvalue weighted by molar-refractivity contribution is 5.71. The molecule has 0 amide bonds. The van der Waals surface area contributed by atoms with Crippen LogP contribution < -0.4 is 4.74 Å². The molecule has 0 aliphatic heterocycles. The molecule has 1 aromatic rings. The van der Waals surface area contributed by atoms with Crippen LogP contribution in [0.25, 0.3) is 0 Å². The van der Waals surface area contributed by atoms with Crippen LogP contribution in [0.3, 0.4) is 0 Å². The second-order valence-corrected chi connectivity index (χ2v) is 5.06. The fraction of sp³-hybridized carbons (Fsp3) is 0.533. The molecule has 104 valence electrons. The number of esters is 1. The van der Waals surface area contributed by atoms with Crippen LogP contribution in [-0.2, 0) is 16.0 Å². The van der Waals surface area contributed by atoms with Gasteiger partial charge < -0.3 is 14.6 Å². The normalized spacial score (nSPS) is 18.0. The van der Waals surface area contributed by atoms with Crippen molar-refractivity contribution < 1.29 is 19.4 Å². The minimum atomic E-state index is -0.421. The molecule has 1 N–H and O–H groups in total. The monoisotopic (exact) mass is 264 g/mol. The Hall–Kier alpha value is -1.55. The zero-order chi connectivity index (χ0) is 13.8.